The summed E-state index contributed by atoms with van der Waals surface area (Å²) < 4.78 is 0. The van der Waals surface area contributed by atoms with Crippen molar-refractivity contribution in [1.29, 1.82) is 0 Å². The summed E-state index contributed by atoms with van der Waals surface area (Å²) in [5.74, 6) is -0.861. The Hall–Kier alpha value is -1.10. The highest BCUT2D eigenvalue weighted by molar-refractivity contribution is 7.80. The zero-order valence-corrected chi connectivity index (χ0v) is 7.51. The van der Waals surface area contributed by atoms with Crippen molar-refractivity contribution in [1.82, 2.24) is 4.90 Å². The molecule has 0 radical (unpaired) electrons. The molecular weight excluding hydrogens is 176 g/mol. The van der Waals surface area contributed by atoms with Gasteiger partial charge in [0.05, 0.1) is 6.42 Å². The molecule has 0 saturated heterocycles. The van der Waals surface area contributed by atoms with Crippen molar-refractivity contribution in [3.63, 3.8) is 0 Å². The Bertz CT molecular complexity index is 194. The highest BCUT2D eigenvalue weighted by atomic mass is 32.1. The van der Waals surface area contributed by atoms with E-state index >= 15 is 0 Å². The quantitative estimate of drug-likeness (QED) is 0.476. The van der Waals surface area contributed by atoms with Crippen molar-refractivity contribution in [2.75, 3.05) is 13.1 Å². The fraction of sp³-hybridized carbons (Fsp3) is 0.429. The lowest BCUT2D eigenvalue weighted by Crippen LogP contribution is -2.37. The van der Waals surface area contributed by atoms with Crippen LogP contribution >= 0.6 is 12.2 Å². The van der Waals surface area contributed by atoms with Crippen LogP contribution in [0.3, 0.4) is 0 Å². The maximum absolute atomic E-state index is 10.2. The van der Waals surface area contributed by atoms with Gasteiger partial charge in [-0.2, -0.15) is 0 Å². The molecule has 0 bridgehead atoms. The van der Waals surface area contributed by atoms with Crippen LogP contribution in [0.5, 0.6) is 0 Å². The second-order valence-corrected chi connectivity index (χ2v) is 2.63. The number of aliphatic carboxylic acids is 1. The summed E-state index contributed by atoms with van der Waals surface area (Å²) in [6, 6.07) is 0. The predicted molar refractivity (Wildman–Crippen MR) is 50.8 cm³/mol. The van der Waals surface area contributed by atoms with Crippen molar-refractivity contribution in [2.45, 2.75) is 6.42 Å². The van der Waals surface area contributed by atoms with Crippen LogP contribution in [-0.4, -0.2) is 34.2 Å². The van der Waals surface area contributed by atoms with Gasteiger partial charge in [0, 0.05) is 13.1 Å². The molecule has 68 valence electrons. The Morgan fingerprint density at radius 2 is 2.33 bits per heavy atom. The molecule has 0 aromatic rings. The lowest BCUT2D eigenvalue weighted by Gasteiger charge is -2.19. The van der Waals surface area contributed by atoms with Gasteiger partial charge in [-0.3, -0.25) is 4.79 Å². The van der Waals surface area contributed by atoms with E-state index in [2.05, 4.69) is 6.58 Å². The van der Waals surface area contributed by atoms with Gasteiger partial charge < -0.3 is 15.7 Å². The van der Waals surface area contributed by atoms with Gasteiger partial charge in [-0.1, -0.05) is 6.08 Å². The van der Waals surface area contributed by atoms with Gasteiger partial charge in [0.2, 0.25) is 0 Å². The third kappa shape index (κ3) is 4.68. The maximum Gasteiger partial charge on any atom is 0.305 e. The van der Waals surface area contributed by atoms with Crippen LogP contribution in [0.2, 0.25) is 0 Å². The lowest BCUT2D eigenvalue weighted by molar-refractivity contribution is -0.137. The summed E-state index contributed by atoms with van der Waals surface area (Å²) in [6.07, 6.45) is 1.66. The molecule has 0 atom stereocenters. The first-order valence-corrected chi connectivity index (χ1v) is 3.85. The smallest absolute Gasteiger partial charge is 0.305 e. The number of rotatable bonds is 5. The average Bonchev–Trinajstić information content (AvgIpc) is 1.96. The summed E-state index contributed by atoms with van der Waals surface area (Å²) in [7, 11) is 0. The Labute approximate surface area is 76.7 Å². The third-order valence-electron chi connectivity index (χ3n) is 1.26. The second kappa shape index (κ2) is 5.54. The first-order chi connectivity index (χ1) is 5.57. The number of carboxylic acid groups (broad SMARTS) is 1. The molecule has 0 rings (SSSR count). The molecule has 0 amide bonds. The first-order valence-electron chi connectivity index (χ1n) is 3.45. The van der Waals surface area contributed by atoms with Crippen LogP contribution in [0, 0.1) is 0 Å². The molecule has 0 heterocycles. The largest absolute Gasteiger partial charge is 0.481 e. The van der Waals surface area contributed by atoms with E-state index in [1.165, 1.54) is 0 Å². The molecular formula is C7H12N2O2S. The number of nitrogens with two attached hydrogens (primary N) is 1. The molecule has 0 aliphatic carbocycles. The van der Waals surface area contributed by atoms with E-state index in [0.29, 0.717) is 13.1 Å². The van der Waals surface area contributed by atoms with Crippen LogP contribution in [0.1, 0.15) is 6.42 Å². The van der Waals surface area contributed by atoms with Crippen LogP contribution in [0.15, 0.2) is 12.7 Å². The summed E-state index contributed by atoms with van der Waals surface area (Å²) in [4.78, 5) is 11.8. The van der Waals surface area contributed by atoms with Crippen molar-refractivity contribution < 1.29 is 9.90 Å². The SMILES string of the molecule is C=CCN(CCC(=O)O)C(N)=S. The molecule has 3 N–H and O–H groups in total. The van der Waals surface area contributed by atoms with Crippen LogP contribution in [0.25, 0.3) is 0 Å². The van der Waals surface area contributed by atoms with Gasteiger partial charge in [0.25, 0.3) is 0 Å². The van der Waals surface area contributed by atoms with E-state index in [-0.39, 0.29) is 11.5 Å². The third-order valence-corrected chi connectivity index (χ3v) is 1.51. The summed E-state index contributed by atoms with van der Waals surface area (Å²) in [6.45, 7) is 4.32. The number of hydrogen-bond donors (Lipinski definition) is 2. The van der Waals surface area contributed by atoms with Crippen LogP contribution in [-0.2, 0) is 4.79 Å². The highest BCUT2D eigenvalue weighted by Crippen LogP contribution is 1.91. The summed E-state index contributed by atoms with van der Waals surface area (Å²) in [5, 5.41) is 8.58. The maximum atomic E-state index is 10.2. The molecule has 0 aliphatic heterocycles. The van der Waals surface area contributed by atoms with Gasteiger partial charge in [0.15, 0.2) is 5.11 Å². The standard InChI is InChI=1S/C7H12N2O2S/c1-2-4-9(7(8)12)5-3-6(10)11/h2H,1,3-5H2,(H2,8,12)(H,10,11). The molecule has 0 unspecified atom stereocenters. The van der Waals surface area contributed by atoms with Gasteiger partial charge in [-0.05, 0) is 12.2 Å². The average molecular weight is 188 g/mol. The molecule has 0 aromatic heterocycles. The number of carbonyl (C=O) groups is 1. The van der Waals surface area contributed by atoms with Crippen LogP contribution < -0.4 is 5.73 Å². The molecule has 12 heavy (non-hydrogen) atoms. The van der Waals surface area contributed by atoms with Gasteiger partial charge in [0.1, 0.15) is 0 Å². The lowest BCUT2D eigenvalue weighted by atomic mass is 10.4. The minimum Gasteiger partial charge on any atom is -0.481 e. The minimum atomic E-state index is -0.861. The molecule has 0 spiro atoms. The molecule has 0 aliphatic rings. The Kier molecular flexibility index (Phi) is 5.03. The monoisotopic (exact) mass is 188 g/mol. The van der Waals surface area contributed by atoms with Crippen molar-refractivity contribution in [3.8, 4) is 0 Å². The van der Waals surface area contributed by atoms with E-state index in [1.807, 2.05) is 0 Å². The molecule has 0 aromatic carbocycles. The van der Waals surface area contributed by atoms with Crippen molar-refractivity contribution in [2.24, 2.45) is 5.73 Å². The van der Waals surface area contributed by atoms with Crippen molar-refractivity contribution >= 4 is 23.3 Å². The van der Waals surface area contributed by atoms with E-state index in [1.54, 1.807) is 11.0 Å². The van der Waals surface area contributed by atoms with E-state index in [9.17, 15) is 4.79 Å². The number of hydrogen-bond acceptors (Lipinski definition) is 2. The topological polar surface area (TPSA) is 66.6 Å². The van der Waals surface area contributed by atoms with Gasteiger partial charge in [-0.15, -0.1) is 6.58 Å². The summed E-state index contributed by atoms with van der Waals surface area (Å²) in [5.41, 5.74) is 5.33. The zero-order valence-electron chi connectivity index (χ0n) is 6.69. The fourth-order valence-corrected chi connectivity index (χ4v) is 0.844. The number of carboxylic acids is 1. The van der Waals surface area contributed by atoms with E-state index in [4.69, 9.17) is 23.1 Å². The normalized spacial score (nSPS) is 9.00. The molecule has 0 fully saturated rings. The summed E-state index contributed by atoms with van der Waals surface area (Å²) >= 11 is 4.70. The second-order valence-electron chi connectivity index (χ2n) is 2.22. The van der Waals surface area contributed by atoms with Crippen molar-refractivity contribution in [3.05, 3.63) is 12.7 Å². The zero-order chi connectivity index (χ0) is 9.56. The van der Waals surface area contributed by atoms with E-state index < -0.39 is 5.97 Å². The number of thiocarbonyl (C=S) groups is 1. The Balaban J connectivity index is 3.86. The first kappa shape index (κ1) is 10.9. The molecule has 4 nitrogen and oxygen atoms in total. The molecule has 5 heteroatoms. The van der Waals surface area contributed by atoms with E-state index in [0.717, 1.165) is 0 Å². The number of nitrogens with zero attached hydrogens (tertiary/aromatic N) is 1. The minimum absolute atomic E-state index is 0.0329. The Morgan fingerprint density at radius 3 is 2.67 bits per heavy atom. The molecule has 0 saturated carbocycles. The fourth-order valence-electron chi connectivity index (χ4n) is 0.678. The van der Waals surface area contributed by atoms with Gasteiger partial charge >= 0.3 is 5.97 Å². The predicted octanol–water partition coefficient (Wildman–Crippen LogP) is 0.193. The highest BCUT2D eigenvalue weighted by Gasteiger charge is 2.05. The Morgan fingerprint density at radius 1 is 1.75 bits per heavy atom. The van der Waals surface area contributed by atoms with Crippen LogP contribution in [0.4, 0.5) is 0 Å². The van der Waals surface area contributed by atoms with Gasteiger partial charge in [-0.25, -0.2) is 0 Å².